The zero-order chi connectivity index (χ0) is 10.7. The predicted molar refractivity (Wildman–Crippen MR) is 49.9 cm³/mol. The van der Waals surface area contributed by atoms with Gasteiger partial charge in [-0.1, -0.05) is 11.3 Å². The van der Waals surface area contributed by atoms with E-state index in [-0.39, 0.29) is 11.4 Å². The zero-order valence-corrected chi connectivity index (χ0v) is 8.09. The average molecular weight is 216 g/mol. The number of nitrogens with one attached hydrogen (secondary N) is 1. The zero-order valence-electron chi connectivity index (χ0n) is 7.27. The highest BCUT2D eigenvalue weighted by Crippen LogP contribution is 2.21. The topological polar surface area (TPSA) is 99.5 Å². The van der Waals surface area contributed by atoms with Crippen LogP contribution in [-0.2, 0) is 4.79 Å². The Hall–Kier alpha value is -1.63. The number of rotatable bonds is 4. The van der Waals surface area contributed by atoms with Crippen molar-refractivity contribution in [3.8, 4) is 0 Å². The van der Waals surface area contributed by atoms with Crippen LogP contribution in [0, 0.1) is 6.92 Å². The minimum absolute atomic E-state index is 0.123. The Kier molecular flexibility index (Phi) is 3.03. The minimum atomic E-state index is -1.05. The molecule has 1 aromatic rings. The molecule has 0 aromatic carbocycles. The van der Waals surface area contributed by atoms with Gasteiger partial charge in [-0.05, 0) is 6.92 Å². The van der Waals surface area contributed by atoms with Gasteiger partial charge in [0.2, 0.25) is 0 Å². The third-order valence-corrected chi connectivity index (χ3v) is 2.48. The van der Waals surface area contributed by atoms with Crippen molar-refractivity contribution in [2.75, 3.05) is 11.9 Å². The quantitative estimate of drug-likeness (QED) is 0.683. The van der Waals surface area contributed by atoms with Crippen molar-refractivity contribution >= 4 is 28.4 Å². The van der Waals surface area contributed by atoms with Gasteiger partial charge in [0.25, 0.3) is 0 Å². The van der Waals surface area contributed by atoms with Crippen LogP contribution in [-0.4, -0.2) is 33.7 Å². The maximum Gasteiger partial charge on any atom is 0.347 e. The van der Waals surface area contributed by atoms with E-state index in [1.807, 2.05) is 0 Å². The molecular weight excluding hydrogens is 208 g/mol. The van der Waals surface area contributed by atoms with Gasteiger partial charge in [-0.2, -0.15) is 0 Å². The van der Waals surface area contributed by atoms with Gasteiger partial charge in [0, 0.05) is 0 Å². The maximum atomic E-state index is 10.6. The summed E-state index contributed by atoms with van der Waals surface area (Å²) in [7, 11) is 0. The lowest BCUT2D eigenvalue weighted by molar-refractivity contribution is -0.134. The van der Waals surface area contributed by atoms with E-state index >= 15 is 0 Å². The lowest BCUT2D eigenvalue weighted by Gasteiger charge is -1.94. The largest absolute Gasteiger partial charge is 0.480 e. The number of carbonyl (C=O) groups is 2. The van der Waals surface area contributed by atoms with Crippen molar-refractivity contribution < 1.29 is 19.8 Å². The Bertz CT molecular complexity index is 374. The van der Waals surface area contributed by atoms with E-state index in [0.29, 0.717) is 10.8 Å². The first-order valence-electron chi connectivity index (χ1n) is 3.67. The molecule has 0 aliphatic carbocycles. The van der Waals surface area contributed by atoms with E-state index in [0.717, 1.165) is 11.3 Å². The van der Waals surface area contributed by atoms with Gasteiger partial charge < -0.3 is 15.5 Å². The standard InChI is InChI=1S/C7H8N2O4S/c1-3-5(6(12)13)14-7(9-3)8-2-4(10)11/h2H2,1H3,(H,8,9)(H,10,11)(H,12,13). The number of hydrogen-bond acceptors (Lipinski definition) is 5. The molecule has 1 rings (SSSR count). The maximum absolute atomic E-state index is 10.6. The number of aromatic nitrogens is 1. The van der Waals surface area contributed by atoms with Crippen LogP contribution >= 0.6 is 11.3 Å². The number of hydrogen-bond donors (Lipinski definition) is 3. The van der Waals surface area contributed by atoms with Crippen molar-refractivity contribution in [2.24, 2.45) is 0 Å². The molecule has 1 heterocycles. The number of thiazole rings is 1. The molecule has 0 spiro atoms. The number of carboxylic acids is 2. The molecule has 6 nitrogen and oxygen atoms in total. The van der Waals surface area contributed by atoms with Crippen LogP contribution in [0.3, 0.4) is 0 Å². The number of aryl methyl sites for hydroxylation is 1. The molecule has 0 bridgehead atoms. The van der Waals surface area contributed by atoms with Crippen LogP contribution in [0.15, 0.2) is 0 Å². The van der Waals surface area contributed by atoms with E-state index in [1.165, 1.54) is 0 Å². The molecule has 3 N–H and O–H groups in total. The molecule has 1 aromatic heterocycles. The van der Waals surface area contributed by atoms with Crippen LogP contribution < -0.4 is 5.32 Å². The summed E-state index contributed by atoms with van der Waals surface area (Å²) in [5, 5.41) is 19.9. The van der Waals surface area contributed by atoms with Crippen LogP contribution in [0.5, 0.6) is 0 Å². The van der Waals surface area contributed by atoms with Crippen molar-refractivity contribution in [1.29, 1.82) is 0 Å². The normalized spacial score (nSPS) is 9.79. The SMILES string of the molecule is Cc1nc(NCC(=O)O)sc1C(=O)O. The minimum Gasteiger partial charge on any atom is -0.480 e. The van der Waals surface area contributed by atoms with Gasteiger partial charge in [-0.3, -0.25) is 4.79 Å². The summed E-state index contributed by atoms with van der Waals surface area (Å²) in [6.45, 7) is 1.29. The van der Waals surface area contributed by atoms with E-state index in [1.54, 1.807) is 6.92 Å². The van der Waals surface area contributed by atoms with Gasteiger partial charge in [0.05, 0.1) is 5.69 Å². The molecule has 76 valence electrons. The smallest absolute Gasteiger partial charge is 0.347 e. The molecule has 0 saturated carbocycles. The molecular formula is C7H8N2O4S. The Morgan fingerprint density at radius 3 is 2.57 bits per heavy atom. The number of nitrogens with zero attached hydrogens (tertiary/aromatic N) is 1. The highest BCUT2D eigenvalue weighted by Gasteiger charge is 2.13. The Labute approximate surface area is 83.2 Å². The Morgan fingerprint density at radius 2 is 2.14 bits per heavy atom. The van der Waals surface area contributed by atoms with Gasteiger partial charge in [-0.25, -0.2) is 9.78 Å². The molecule has 0 fully saturated rings. The van der Waals surface area contributed by atoms with Crippen LogP contribution in [0.2, 0.25) is 0 Å². The predicted octanol–water partition coefficient (Wildman–Crippen LogP) is 0.646. The van der Waals surface area contributed by atoms with Crippen LogP contribution in [0.1, 0.15) is 15.4 Å². The number of aromatic carboxylic acids is 1. The van der Waals surface area contributed by atoms with Crippen LogP contribution in [0.4, 0.5) is 5.13 Å². The molecule has 0 aliphatic heterocycles. The second-order valence-electron chi connectivity index (χ2n) is 2.49. The summed E-state index contributed by atoms with van der Waals surface area (Å²) < 4.78 is 0. The monoisotopic (exact) mass is 216 g/mol. The number of anilines is 1. The molecule has 0 radical (unpaired) electrons. The molecule has 0 amide bonds. The van der Waals surface area contributed by atoms with E-state index in [9.17, 15) is 9.59 Å². The fraction of sp³-hybridized carbons (Fsp3) is 0.286. The summed E-state index contributed by atoms with van der Waals surface area (Å²) in [6, 6.07) is 0. The van der Waals surface area contributed by atoms with Gasteiger partial charge in [-0.15, -0.1) is 0 Å². The summed E-state index contributed by atoms with van der Waals surface area (Å²) in [5.74, 6) is -2.07. The molecule has 0 saturated heterocycles. The second kappa shape index (κ2) is 4.05. The van der Waals surface area contributed by atoms with Crippen molar-refractivity contribution in [3.05, 3.63) is 10.6 Å². The number of carboxylic acid groups (broad SMARTS) is 2. The highest BCUT2D eigenvalue weighted by molar-refractivity contribution is 7.17. The average Bonchev–Trinajstić information content (AvgIpc) is 2.43. The summed E-state index contributed by atoms with van der Waals surface area (Å²) in [4.78, 5) is 24.8. The van der Waals surface area contributed by atoms with Crippen molar-refractivity contribution in [3.63, 3.8) is 0 Å². The van der Waals surface area contributed by atoms with Gasteiger partial charge in [0.1, 0.15) is 11.4 Å². The molecule has 0 unspecified atom stereocenters. The first-order valence-corrected chi connectivity index (χ1v) is 4.48. The fourth-order valence-corrected chi connectivity index (χ4v) is 1.62. The van der Waals surface area contributed by atoms with Gasteiger partial charge in [0.15, 0.2) is 5.13 Å². The van der Waals surface area contributed by atoms with E-state index in [2.05, 4.69) is 10.3 Å². The Balaban J connectivity index is 2.76. The highest BCUT2D eigenvalue weighted by atomic mass is 32.1. The lowest BCUT2D eigenvalue weighted by atomic mass is 10.4. The second-order valence-corrected chi connectivity index (χ2v) is 3.49. The molecule has 0 atom stereocenters. The summed E-state index contributed by atoms with van der Waals surface area (Å²) >= 11 is 0.924. The van der Waals surface area contributed by atoms with Gasteiger partial charge >= 0.3 is 11.9 Å². The third kappa shape index (κ3) is 2.43. The molecule has 0 aliphatic rings. The van der Waals surface area contributed by atoms with E-state index < -0.39 is 11.9 Å². The van der Waals surface area contributed by atoms with Crippen molar-refractivity contribution in [1.82, 2.24) is 4.98 Å². The fourth-order valence-electron chi connectivity index (χ4n) is 0.822. The van der Waals surface area contributed by atoms with Crippen LogP contribution in [0.25, 0.3) is 0 Å². The van der Waals surface area contributed by atoms with Crippen molar-refractivity contribution in [2.45, 2.75) is 6.92 Å². The summed E-state index contributed by atoms with van der Waals surface area (Å²) in [6.07, 6.45) is 0. The molecule has 7 heteroatoms. The third-order valence-electron chi connectivity index (χ3n) is 1.38. The summed E-state index contributed by atoms with van der Waals surface area (Å²) in [5.41, 5.74) is 0.385. The lowest BCUT2D eigenvalue weighted by Crippen LogP contribution is -2.11. The molecule has 14 heavy (non-hydrogen) atoms. The first kappa shape index (κ1) is 10.5. The Morgan fingerprint density at radius 1 is 1.50 bits per heavy atom. The first-order chi connectivity index (χ1) is 6.50. The van der Waals surface area contributed by atoms with E-state index in [4.69, 9.17) is 10.2 Å². The number of aliphatic carboxylic acids is 1.